The van der Waals surface area contributed by atoms with Gasteiger partial charge in [-0.15, -0.1) is 0 Å². The molecule has 0 saturated carbocycles. The lowest BCUT2D eigenvalue weighted by atomic mass is 9.84. The Morgan fingerprint density at radius 1 is 0.697 bits per heavy atom. The summed E-state index contributed by atoms with van der Waals surface area (Å²) in [6, 6.07) is 9.92. The summed E-state index contributed by atoms with van der Waals surface area (Å²) >= 11 is 0. The molecule has 0 unspecified atom stereocenters. The number of hydrogen-bond donors (Lipinski definition) is 6. The smallest absolute Gasteiger partial charge is 0.257 e. The first kappa shape index (κ1) is 20.1. The zero-order valence-electron chi connectivity index (χ0n) is 16.8. The van der Waals surface area contributed by atoms with Crippen LogP contribution < -0.4 is 11.1 Å². The van der Waals surface area contributed by atoms with Gasteiger partial charge in [0.2, 0.25) is 0 Å². The van der Waals surface area contributed by atoms with Crippen LogP contribution in [0.1, 0.15) is 22.6 Å². The third kappa shape index (κ3) is 3.12. The molecule has 0 aliphatic rings. The number of aromatic nitrogens is 4. The standard InChI is InChI=1S/C23H16N4O6/c28-13-6-5-10(9-14(13)29)15(16-18(30)11-3-1-7-24-20(11)26-22(16)32)17-19(31)12-4-2-8-25-21(12)27-23(17)33/h1-9,15,28-29H,(H2,24,26,30,32)(H2,25,27,31,33). The number of hydrogen-bond acceptors (Lipinski definition) is 8. The van der Waals surface area contributed by atoms with Gasteiger partial charge in [0, 0.05) is 12.4 Å². The van der Waals surface area contributed by atoms with Gasteiger partial charge < -0.3 is 30.4 Å². The van der Waals surface area contributed by atoms with Crippen LogP contribution in [0.25, 0.3) is 22.1 Å². The predicted molar refractivity (Wildman–Crippen MR) is 119 cm³/mol. The fourth-order valence-corrected chi connectivity index (χ4v) is 3.98. The summed E-state index contributed by atoms with van der Waals surface area (Å²) in [6.07, 6.45) is 2.89. The van der Waals surface area contributed by atoms with E-state index in [9.17, 15) is 30.0 Å². The molecule has 164 valence electrons. The van der Waals surface area contributed by atoms with Crippen molar-refractivity contribution in [3.05, 3.63) is 92.3 Å². The third-order valence-corrected chi connectivity index (χ3v) is 5.50. The topological polar surface area (TPSA) is 172 Å². The number of aromatic hydroxyl groups is 4. The van der Waals surface area contributed by atoms with Crippen molar-refractivity contribution >= 4 is 22.1 Å². The monoisotopic (exact) mass is 444 g/mol. The molecule has 33 heavy (non-hydrogen) atoms. The fourth-order valence-electron chi connectivity index (χ4n) is 3.98. The molecule has 0 amide bonds. The van der Waals surface area contributed by atoms with Crippen LogP contribution in [0.3, 0.4) is 0 Å². The van der Waals surface area contributed by atoms with Crippen LogP contribution >= 0.6 is 0 Å². The lowest BCUT2D eigenvalue weighted by Gasteiger charge is -2.21. The Bertz CT molecular complexity index is 1580. The Labute approximate surface area is 184 Å². The maximum atomic E-state index is 13.1. The Balaban J connectivity index is 1.92. The molecule has 0 atom stereocenters. The summed E-state index contributed by atoms with van der Waals surface area (Å²) in [6.45, 7) is 0. The van der Waals surface area contributed by atoms with Crippen LogP contribution in [0.15, 0.2) is 64.4 Å². The number of rotatable bonds is 3. The number of fused-ring (bicyclic) bond motifs is 2. The van der Waals surface area contributed by atoms with E-state index in [1.54, 1.807) is 12.1 Å². The number of H-pyrrole nitrogens is 2. The van der Waals surface area contributed by atoms with Crippen LogP contribution in [0.4, 0.5) is 0 Å². The minimum absolute atomic E-state index is 0.136. The van der Waals surface area contributed by atoms with Gasteiger partial charge >= 0.3 is 0 Å². The maximum Gasteiger partial charge on any atom is 0.257 e. The van der Waals surface area contributed by atoms with Crippen molar-refractivity contribution in [2.75, 3.05) is 0 Å². The van der Waals surface area contributed by atoms with Gasteiger partial charge in [-0.25, -0.2) is 9.97 Å². The molecule has 0 aliphatic heterocycles. The number of phenols is 2. The molecule has 0 aliphatic carbocycles. The van der Waals surface area contributed by atoms with Crippen molar-refractivity contribution in [2.24, 2.45) is 0 Å². The van der Waals surface area contributed by atoms with Crippen LogP contribution in [0.5, 0.6) is 23.0 Å². The minimum atomic E-state index is -1.32. The van der Waals surface area contributed by atoms with E-state index in [4.69, 9.17) is 0 Å². The lowest BCUT2D eigenvalue weighted by molar-refractivity contribution is 0.403. The van der Waals surface area contributed by atoms with E-state index in [0.717, 1.165) is 6.07 Å². The normalized spacial score (nSPS) is 11.4. The van der Waals surface area contributed by atoms with E-state index < -0.39 is 40.0 Å². The highest BCUT2D eigenvalue weighted by Gasteiger charge is 2.31. The van der Waals surface area contributed by atoms with Crippen molar-refractivity contribution < 1.29 is 20.4 Å². The van der Waals surface area contributed by atoms with Crippen molar-refractivity contribution in [3.8, 4) is 23.0 Å². The molecule has 4 aromatic heterocycles. The second kappa shape index (κ2) is 7.38. The molecule has 6 N–H and O–H groups in total. The summed E-state index contributed by atoms with van der Waals surface area (Å²) in [4.78, 5) is 39.4. The Morgan fingerprint density at radius 3 is 1.70 bits per heavy atom. The highest BCUT2D eigenvalue weighted by atomic mass is 16.3. The number of aromatic amines is 2. The first-order valence-corrected chi connectivity index (χ1v) is 9.78. The van der Waals surface area contributed by atoms with Gasteiger partial charge in [-0.1, -0.05) is 6.07 Å². The fraction of sp³-hybridized carbons (Fsp3) is 0.0435. The largest absolute Gasteiger partial charge is 0.507 e. The molecule has 0 radical (unpaired) electrons. The molecule has 5 aromatic rings. The molecule has 1 aromatic carbocycles. The molecule has 10 heteroatoms. The van der Waals surface area contributed by atoms with E-state index >= 15 is 0 Å². The Morgan fingerprint density at radius 2 is 1.21 bits per heavy atom. The molecule has 0 saturated heterocycles. The van der Waals surface area contributed by atoms with Gasteiger partial charge in [-0.3, -0.25) is 9.59 Å². The van der Waals surface area contributed by atoms with Crippen LogP contribution in [0, 0.1) is 0 Å². The van der Waals surface area contributed by atoms with Crippen LogP contribution in [-0.2, 0) is 0 Å². The Hall–Kier alpha value is -4.86. The number of nitrogens with one attached hydrogen (secondary N) is 2. The number of phenolic OH excluding ortho intramolecular Hbond substituents is 2. The summed E-state index contributed by atoms with van der Waals surface area (Å²) in [5.41, 5.74) is -1.55. The van der Waals surface area contributed by atoms with Crippen molar-refractivity contribution in [3.63, 3.8) is 0 Å². The van der Waals surface area contributed by atoms with Gasteiger partial charge in [0.25, 0.3) is 11.1 Å². The number of nitrogens with zero attached hydrogens (tertiary/aromatic N) is 2. The molecule has 10 nitrogen and oxygen atoms in total. The number of benzene rings is 1. The van der Waals surface area contributed by atoms with Crippen molar-refractivity contribution in [1.82, 2.24) is 19.9 Å². The lowest BCUT2D eigenvalue weighted by Crippen LogP contribution is -2.24. The average molecular weight is 444 g/mol. The van der Waals surface area contributed by atoms with E-state index in [0.29, 0.717) is 0 Å². The van der Waals surface area contributed by atoms with Crippen LogP contribution in [-0.4, -0.2) is 40.4 Å². The quantitative estimate of drug-likeness (QED) is 0.230. The van der Waals surface area contributed by atoms with Gasteiger partial charge in [-0.05, 0) is 42.0 Å². The third-order valence-electron chi connectivity index (χ3n) is 5.50. The molecular weight excluding hydrogens is 428 g/mol. The predicted octanol–water partition coefficient (Wildman–Crippen LogP) is 2.16. The first-order valence-electron chi connectivity index (χ1n) is 9.78. The zero-order chi connectivity index (χ0) is 23.3. The molecular formula is C23H16N4O6. The van der Waals surface area contributed by atoms with Gasteiger partial charge in [0.05, 0.1) is 27.8 Å². The van der Waals surface area contributed by atoms with E-state index in [-0.39, 0.29) is 38.8 Å². The molecule has 0 bridgehead atoms. The second-order valence-electron chi connectivity index (χ2n) is 7.41. The number of pyridine rings is 4. The summed E-state index contributed by atoms with van der Waals surface area (Å²) in [5, 5.41) is 42.4. The first-order chi connectivity index (χ1) is 15.9. The van der Waals surface area contributed by atoms with E-state index in [1.807, 2.05) is 0 Å². The van der Waals surface area contributed by atoms with Gasteiger partial charge in [0.15, 0.2) is 11.5 Å². The molecule has 0 spiro atoms. The zero-order valence-corrected chi connectivity index (χ0v) is 16.8. The van der Waals surface area contributed by atoms with Gasteiger partial charge in [-0.2, -0.15) is 0 Å². The van der Waals surface area contributed by atoms with E-state index in [2.05, 4.69) is 19.9 Å². The molecule has 4 heterocycles. The summed E-state index contributed by atoms with van der Waals surface area (Å²) in [7, 11) is 0. The SMILES string of the molecule is O=c1[nH]c2ncccc2c(O)c1C(c1ccc(O)c(O)c1)c1c(O)c2cccnc2[nH]c1=O. The summed E-state index contributed by atoms with van der Waals surface area (Å²) < 4.78 is 0. The highest BCUT2D eigenvalue weighted by molar-refractivity contribution is 5.85. The summed E-state index contributed by atoms with van der Waals surface area (Å²) in [5.74, 6) is -3.12. The maximum absolute atomic E-state index is 13.1. The van der Waals surface area contributed by atoms with E-state index in [1.165, 1.54) is 36.7 Å². The Kier molecular flexibility index (Phi) is 4.49. The molecule has 5 rings (SSSR count). The van der Waals surface area contributed by atoms with Crippen LogP contribution in [0.2, 0.25) is 0 Å². The van der Waals surface area contributed by atoms with Crippen molar-refractivity contribution in [1.29, 1.82) is 0 Å². The minimum Gasteiger partial charge on any atom is -0.507 e. The van der Waals surface area contributed by atoms with Crippen molar-refractivity contribution in [2.45, 2.75) is 5.92 Å². The highest BCUT2D eigenvalue weighted by Crippen LogP contribution is 2.42. The molecule has 0 fully saturated rings. The van der Waals surface area contributed by atoms with Gasteiger partial charge in [0.1, 0.15) is 22.8 Å². The average Bonchev–Trinajstić information content (AvgIpc) is 2.80. The second-order valence-corrected chi connectivity index (χ2v) is 7.41.